The maximum absolute atomic E-state index is 11.5. The van der Waals surface area contributed by atoms with Crippen LogP contribution >= 0.6 is 11.6 Å². The van der Waals surface area contributed by atoms with Crippen LogP contribution in [0.3, 0.4) is 0 Å². The van der Waals surface area contributed by atoms with Crippen LogP contribution in [0.5, 0.6) is 5.75 Å². The Morgan fingerprint density at radius 3 is 2.52 bits per heavy atom. The molecule has 0 fully saturated rings. The smallest absolute Gasteiger partial charge is 0.332 e. The van der Waals surface area contributed by atoms with Crippen LogP contribution in [0.25, 0.3) is 17.6 Å². The van der Waals surface area contributed by atoms with Crippen molar-refractivity contribution in [3.05, 3.63) is 72.8 Å². The van der Waals surface area contributed by atoms with Gasteiger partial charge in [-0.05, 0) is 50.3 Å². The quantitative estimate of drug-likeness (QED) is 0.288. The Labute approximate surface area is 163 Å². The summed E-state index contributed by atoms with van der Waals surface area (Å²) in [5.41, 5.74) is 0.801. The summed E-state index contributed by atoms with van der Waals surface area (Å²) in [6, 6.07) is 7.20. The average Bonchev–Trinajstić information content (AvgIpc) is 3.07. The van der Waals surface area contributed by atoms with E-state index in [1.54, 1.807) is 38.1 Å². The Kier molecular flexibility index (Phi) is 7.14. The Hall–Kier alpha value is -3.12. The lowest BCUT2D eigenvalue weighted by Crippen LogP contribution is -2.08. The topological polar surface area (TPSA) is 66.2 Å². The van der Waals surface area contributed by atoms with Gasteiger partial charge in [-0.2, -0.15) is 0 Å². The first-order chi connectivity index (χ1) is 12.8. The van der Waals surface area contributed by atoms with E-state index in [1.165, 1.54) is 23.3 Å². The van der Waals surface area contributed by atoms with E-state index in [9.17, 15) is 4.79 Å². The van der Waals surface area contributed by atoms with E-state index in [-0.39, 0.29) is 6.10 Å². The number of allylic oxidation sites excluding steroid dienone is 3. The van der Waals surface area contributed by atoms with Crippen molar-refractivity contribution in [2.45, 2.75) is 20.0 Å². The molecule has 27 heavy (non-hydrogen) atoms. The van der Waals surface area contributed by atoms with Crippen LogP contribution in [0, 0.1) is 0 Å². The molecule has 0 radical (unpaired) electrons. The third-order valence-electron chi connectivity index (χ3n) is 3.04. The number of halogens is 1. The number of nitrogens with zero attached hydrogens (tertiary/aromatic N) is 3. The summed E-state index contributed by atoms with van der Waals surface area (Å²) >= 11 is 5.65. The fourth-order valence-corrected chi connectivity index (χ4v) is 1.99. The molecule has 0 saturated carbocycles. The Morgan fingerprint density at radius 1 is 1.19 bits per heavy atom. The molecule has 0 atom stereocenters. The summed E-state index contributed by atoms with van der Waals surface area (Å²) in [7, 11) is 0. The van der Waals surface area contributed by atoms with Crippen molar-refractivity contribution in [2.75, 3.05) is 0 Å². The molecule has 0 aliphatic carbocycles. The SMILES string of the molecule is C=C(Cl)C=CC(=C)Oc1ccc(-c2ncn(C=CC(=O)OC(C)C)n2)cc1. The highest BCUT2D eigenvalue weighted by Crippen LogP contribution is 2.20. The van der Waals surface area contributed by atoms with Gasteiger partial charge in [0.2, 0.25) is 0 Å². The molecule has 1 aromatic carbocycles. The minimum atomic E-state index is -0.435. The second-order valence-corrected chi connectivity index (χ2v) is 6.21. The molecule has 2 aromatic rings. The second-order valence-electron chi connectivity index (χ2n) is 5.72. The van der Waals surface area contributed by atoms with Gasteiger partial charge in [0.1, 0.15) is 17.8 Å². The number of carbonyl (C=O) groups excluding carboxylic acids is 1. The Morgan fingerprint density at radius 2 is 1.89 bits per heavy atom. The van der Waals surface area contributed by atoms with Crippen LogP contribution in [-0.4, -0.2) is 26.8 Å². The highest BCUT2D eigenvalue weighted by molar-refractivity contribution is 6.30. The summed E-state index contributed by atoms with van der Waals surface area (Å²) in [6.07, 6.45) is 7.34. The molecular weight excluding hydrogens is 366 g/mol. The lowest BCUT2D eigenvalue weighted by atomic mass is 10.2. The zero-order valence-electron chi connectivity index (χ0n) is 15.1. The predicted molar refractivity (Wildman–Crippen MR) is 106 cm³/mol. The summed E-state index contributed by atoms with van der Waals surface area (Å²) in [4.78, 5) is 15.7. The molecule has 0 unspecified atom stereocenters. The van der Waals surface area contributed by atoms with Crippen molar-refractivity contribution in [1.29, 1.82) is 0 Å². The van der Waals surface area contributed by atoms with Crippen molar-refractivity contribution in [1.82, 2.24) is 14.8 Å². The van der Waals surface area contributed by atoms with Crippen LogP contribution in [0.4, 0.5) is 0 Å². The second kappa shape index (κ2) is 9.54. The molecule has 0 N–H and O–H groups in total. The van der Waals surface area contributed by atoms with Crippen molar-refractivity contribution >= 4 is 23.8 Å². The third kappa shape index (κ3) is 6.95. The first kappa shape index (κ1) is 20.2. The molecular formula is C20H20ClN3O3. The number of esters is 1. The first-order valence-corrected chi connectivity index (χ1v) is 8.51. The zero-order chi connectivity index (χ0) is 19.8. The largest absolute Gasteiger partial charge is 0.460 e. The van der Waals surface area contributed by atoms with E-state index in [0.717, 1.165) is 5.56 Å². The van der Waals surface area contributed by atoms with E-state index in [1.807, 2.05) is 12.1 Å². The van der Waals surface area contributed by atoms with Gasteiger partial charge in [0.15, 0.2) is 5.82 Å². The monoisotopic (exact) mass is 385 g/mol. The Bertz CT molecular complexity index is 880. The molecule has 6 nitrogen and oxygen atoms in total. The van der Waals surface area contributed by atoms with Gasteiger partial charge in [-0.3, -0.25) is 0 Å². The molecule has 0 spiro atoms. The lowest BCUT2D eigenvalue weighted by Gasteiger charge is -2.05. The maximum atomic E-state index is 11.5. The number of hydrogen-bond acceptors (Lipinski definition) is 5. The summed E-state index contributed by atoms with van der Waals surface area (Å²) < 4.78 is 12.0. The van der Waals surface area contributed by atoms with E-state index >= 15 is 0 Å². The minimum absolute atomic E-state index is 0.172. The van der Waals surface area contributed by atoms with E-state index in [4.69, 9.17) is 21.1 Å². The van der Waals surface area contributed by atoms with Crippen molar-refractivity contribution in [2.24, 2.45) is 0 Å². The van der Waals surface area contributed by atoms with Gasteiger partial charge in [-0.15, -0.1) is 5.10 Å². The molecule has 0 saturated heterocycles. The third-order valence-corrected chi connectivity index (χ3v) is 3.16. The number of rotatable bonds is 8. The Balaban J connectivity index is 2.00. The molecule has 1 heterocycles. The summed E-state index contributed by atoms with van der Waals surface area (Å²) in [5.74, 6) is 1.13. The number of aromatic nitrogens is 3. The fourth-order valence-electron chi connectivity index (χ4n) is 1.93. The van der Waals surface area contributed by atoms with Gasteiger partial charge in [0, 0.05) is 22.9 Å². The van der Waals surface area contributed by atoms with Gasteiger partial charge in [0.25, 0.3) is 0 Å². The summed E-state index contributed by atoms with van der Waals surface area (Å²) in [6.45, 7) is 10.9. The van der Waals surface area contributed by atoms with Gasteiger partial charge >= 0.3 is 5.97 Å². The van der Waals surface area contributed by atoms with Crippen LogP contribution in [-0.2, 0) is 9.53 Å². The van der Waals surface area contributed by atoms with Crippen molar-refractivity contribution in [3.8, 4) is 17.1 Å². The number of carbonyl (C=O) groups is 1. The maximum Gasteiger partial charge on any atom is 0.332 e. The van der Waals surface area contributed by atoms with Gasteiger partial charge < -0.3 is 9.47 Å². The molecule has 1 aromatic heterocycles. The van der Waals surface area contributed by atoms with Crippen molar-refractivity contribution in [3.63, 3.8) is 0 Å². The minimum Gasteiger partial charge on any atom is -0.460 e. The fraction of sp³-hybridized carbons (Fsp3) is 0.150. The lowest BCUT2D eigenvalue weighted by molar-refractivity contribution is -0.141. The average molecular weight is 386 g/mol. The zero-order valence-corrected chi connectivity index (χ0v) is 15.9. The molecule has 0 amide bonds. The number of hydrogen-bond donors (Lipinski definition) is 0. The molecule has 0 aliphatic rings. The standard InChI is InChI=1S/C20H20ClN3O3/c1-14(2)26-19(25)11-12-24-13-22-20(23-24)17-7-9-18(10-8-17)27-16(4)6-5-15(3)21/h5-14H,3-4H2,1-2H3. The van der Waals surface area contributed by atoms with E-state index < -0.39 is 5.97 Å². The predicted octanol–water partition coefficient (Wildman–Crippen LogP) is 4.57. The van der Waals surface area contributed by atoms with E-state index in [0.29, 0.717) is 22.4 Å². The molecule has 0 aliphatic heterocycles. The first-order valence-electron chi connectivity index (χ1n) is 8.13. The van der Waals surface area contributed by atoms with Gasteiger partial charge in [0.05, 0.1) is 6.10 Å². The van der Waals surface area contributed by atoms with Crippen LogP contribution in [0.2, 0.25) is 0 Å². The molecule has 2 rings (SSSR count). The molecule has 140 valence electrons. The highest BCUT2D eigenvalue weighted by atomic mass is 35.5. The number of ether oxygens (including phenoxy) is 2. The van der Waals surface area contributed by atoms with Crippen LogP contribution in [0.15, 0.2) is 72.8 Å². The molecule has 0 bridgehead atoms. The van der Waals surface area contributed by atoms with E-state index in [2.05, 4.69) is 23.2 Å². The van der Waals surface area contributed by atoms with Crippen LogP contribution < -0.4 is 4.74 Å². The molecule has 7 heteroatoms. The highest BCUT2D eigenvalue weighted by Gasteiger charge is 2.05. The summed E-state index contributed by atoms with van der Waals surface area (Å²) in [5, 5.41) is 4.68. The van der Waals surface area contributed by atoms with Crippen molar-refractivity contribution < 1.29 is 14.3 Å². The normalized spacial score (nSPS) is 11.3. The van der Waals surface area contributed by atoms with Gasteiger partial charge in [-0.1, -0.05) is 24.8 Å². The van der Waals surface area contributed by atoms with Gasteiger partial charge in [-0.25, -0.2) is 14.5 Å². The van der Waals surface area contributed by atoms with Crippen LogP contribution in [0.1, 0.15) is 13.8 Å². The number of benzene rings is 1.